The zero-order valence-corrected chi connectivity index (χ0v) is 12.1. The Balaban J connectivity index is 1.95. The van der Waals surface area contributed by atoms with Gasteiger partial charge in [0.05, 0.1) is 7.11 Å². The zero-order chi connectivity index (χ0) is 15.2. The summed E-state index contributed by atoms with van der Waals surface area (Å²) in [5.74, 6) is 1.18. The normalized spacial score (nSPS) is 11.8. The Morgan fingerprint density at radius 3 is 2.14 bits per heavy atom. The van der Waals surface area contributed by atoms with Crippen LogP contribution in [0.3, 0.4) is 0 Å². The minimum absolute atomic E-state index is 0.295. The number of Topliss-reactive ketones (excluding diaryl/α,β-unsaturated/α-hetero) is 1. The standard InChI is InChI=1S/C17H18O4/c1-12(18)17(19)14-5-9-16(10-6-14)21-11-13-3-7-15(20-2)8-4-13/h3-10,12,18H,11H2,1-2H3/t12-/m1/s1. The number of carbonyl (C=O) groups excluding carboxylic acids is 1. The predicted molar refractivity (Wildman–Crippen MR) is 79.8 cm³/mol. The van der Waals surface area contributed by atoms with E-state index >= 15 is 0 Å². The van der Waals surface area contributed by atoms with E-state index in [1.54, 1.807) is 31.4 Å². The van der Waals surface area contributed by atoms with Gasteiger partial charge in [0.1, 0.15) is 24.2 Å². The van der Waals surface area contributed by atoms with E-state index in [-0.39, 0.29) is 5.78 Å². The van der Waals surface area contributed by atoms with Crippen molar-refractivity contribution in [2.75, 3.05) is 7.11 Å². The maximum Gasteiger partial charge on any atom is 0.190 e. The Bertz CT molecular complexity index is 585. The quantitative estimate of drug-likeness (QED) is 0.830. The summed E-state index contributed by atoms with van der Waals surface area (Å²) in [6, 6.07) is 14.4. The number of benzene rings is 2. The lowest BCUT2D eigenvalue weighted by Gasteiger charge is -2.08. The molecule has 0 spiro atoms. The highest BCUT2D eigenvalue weighted by atomic mass is 16.5. The van der Waals surface area contributed by atoms with Crippen molar-refractivity contribution in [2.45, 2.75) is 19.6 Å². The first-order chi connectivity index (χ1) is 10.1. The molecular formula is C17H18O4. The van der Waals surface area contributed by atoms with Crippen LogP contribution in [0.1, 0.15) is 22.8 Å². The number of aliphatic hydroxyl groups is 1. The number of carbonyl (C=O) groups is 1. The Kier molecular flexibility index (Phi) is 4.95. The summed E-state index contributed by atoms with van der Waals surface area (Å²) >= 11 is 0. The van der Waals surface area contributed by atoms with Crippen molar-refractivity contribution in [3.05, 3.63) is 59.7 Å². The van der Waals surface area contributed by atoms with E-state index < -0.39 is 6.10 Å². The third-order valence-electron chi connectivity index (χ3n) is 3.08. The average molecular weight is 286 g/mol. The Morgan fingerprint density at radius 1 is 1.05 bits per heavy atom. The van der Waals surface area contributed by atoms with E-state index in [1.165, 1.54) is 6.92 Å². The largest absolute Gasteiger partial charge is 0.497 e. The zero-order valence-electron chi connectivity index (χ0n) is 12.1. The summed E-state index contributed by atoms with van der Waals surface area (Å²) in [5.41, 5.74) is 1.50. The number of methoxy groups -OCH3 is 1. The molecule has 0 fully saturated rings. The van der Waals surface area contributed by atoms with Crippen molar-refractivity contribution in [3.8, 4) is 11.5 Å². The van der Waals surface area contributed by atoms with Gasteiger partial charge in [-0.05, 0) is 48.9 Å². The number of hydrogen-bond donors (Lipinski definition) is 1. The van der Waals surface area contributed by atoms with Crippen LogP contribution in [0.25, 0.3) is 0 Å². The van der Waals surface area contributed by atoms with Crippen molar-refractivity contribution in [2.24, 2.45) is 0 Å². The summed E-state index contributed by atoms with van der Waals surface area (Å²) in [5, 5.41) is 9.25. The van der Waals surface area contributed by atoms with Crippen LogP contribution in [0.4, 0.5) is 0 Å². The molecule has 4 nitrogen and oxygen atoms in total. The van der Waals surface area contributed by atoms with Crippen LogP contribution < -0.4 is 9.47 Å². The molecule has 1 N–H and O–H groups in total. The Morgan fingerprint density at radius 2 is 1.62 bits per heavy atom. The van der Waals surface area contributed by atoms with E-state index in [0.717, 1.165) is 11.3 Å². The van der Waals surface area contributed by atoms with Crippen molar-refractivity contribution >= 4 is 5.78 Å². The van der Waals surface area contributed by atoms with Crippen LogP contribution in [0.2, 0.25) is 0 Å². The second-order valence-electron chi connectivity index (χ2n) is 4.70. The fraction of sp³-hybridized carbons (Fsp3) is 0.235. The van der Waals surface area contributed by atoms with Crippen molar-refractivity contribution in [1.82, 2.24) is 0 Å². The molecule has 0 radical (unpaired) electrons. The van der Waals surface area contributed by atoms with Crippen molar-refractivity contribution in [1.29, 1.82) is 0 Å². The van der Waals surface area contributed by atoms with Gasteiger partial charge in [-0.2, -0.15) is 0 Å². The van der Waals surface area contributed by atoms with Gasteiger partial charge < -0.3 is 14.6 Å². The molecule has 2 rings (SSSR count). The summed E-state index contributed by atoms with van der Waals surface area (Å²) in [6.45, 7) is 1.89. The number of rotatable bonds is 6. The van der Waals surface area contributed by atoms with Gasteiger partial charge in [0.25, 0.3) is 0 Å². The Labute approximate surface area is 123 Å². The molecule has 0 saturated heterocycles. The molecule has 110 valence electrons. The summed E-state index contributed by atoms with van der Waals surface area (Å²) in [6.07, 6.45) is -0.990. The number of hydrogen-bond acceptors (Lipinski definition) is 4. The maximum absolute atomic E-state index is 11.6. The minimum Gasteiger partial charge on any atom is -0.497 e. The van der Waals surface area contributed by atoms with E-state index in [0.29, 0.717) is 17.9 Å². The van der Waals surface area contributed by atoms with E-state index in [2.05, 4.69) is 0 Å². The first-order valence-corrected chi connectivity index (χ1v) is 6.68. The van der Waals surface area contributed by atoms with Crippen LogP contribution in [0.5, 0.6) is 11.5 Å². The Hall–Kier alpha value is -2.33. The summed E-state index contributed by atoms with van der Waals surface area (Å²) in [7, 11) is 1.63. The molecule has 0 heterocycles. The molecule has 0 unspecified atom stereocenters. The molecule has 2 aromatic carbocycles. The molecule has 4 heteroatoms. The summed E-state index contributed by atoms with van der Waals surface area (Å²) < 4.78 is 10.7. The highest BCUT2D eigenvalue weighted by Gasteiger charge is 2.11. The van der Waals surface area contributed by atoms with Crippen LogP contribution in [0.15, 0.2) is 48.5 Å². The monoisotopic (exact) mass is 286 g/mol. The van der Waals surface area contributed by atoms with Gasteiger partial charge in [-0.3, -0.25) is 4.79 Å². The fourth-order valence-corrected chi connectivity index (χ4v) is 1.85. The van der Waals surface area contributed by atoms with Crippen LogP contribution >= 0.6 is 0 Å². The van der Waals surface area contributed by atoms with E-state index in [4.69, 9.17) is 9.47 Å². The number of ether oxygens (including phenoxy) is 2. The third kappa shape index (κ3) is 4.07. The van der Waals surface area contributed by atoms with Crippen molar-refractivity contribution in [3.63, 3.8) is 0 Å². The summed E-state index contributed by atoms with van der Waals surface area (Å²) in [4.78, 5) is 11.6. The van der Waals surface area contributed by atoms with Gasteiger partial charge in [0, 0.05) is 5.56 Å². The highest BCUT2D eigenvalue weighted by molar-refractivity contribution is 5.99. The average Bonchev–Trinajstić information content (AvgIpc) is 2.53. The van der Waals surface area contributed by atoms with Gasteiger partial charge >= 0.3 is 0 Å². The second-order valence-corrected chi connectivity index (χ2v) is 4.70. The van der Waals surface area contributed by atoms with Crippen LogP contribution in [-0.4, -0.2) is 24.1 Å². The highest BCUT2D eigenvalue weighted by Crippen LogP contribution is 2.17. The first-order valence-electron chi connectivity index (χ1n) is 6.68. The lowest BCUT2D eigenvalue weighted by molar-refractivity contribution is 0.0779. The van der Waals surface area contributed by atoms with Gasteiger partial charge in [0.15, 0.2) is 5.78 Å². The molecule has 0 bridgehead atoms. The van der Waals surface area contributed by atoms with Gasteiger partial charge in [0.2, 0.25) is 0 Å². The molecule has 0 aliphatic heterocycles. The van der Waals surface area contributed by atoms with E-state index in [9.17, 15) is 9.90 Å². The SMILES string of the molecule is COc1ccc(COc2ccc(C(=O)[C@@H](C)O)cc2)cc1. The molecule has 0 saturated carbocycles. The fourth-order valence-electron chi connectivity index (χ4n) is 1.85. The molecule has 1 atom stereocenters. The van der Waals surface area contributed by atoms with E-state index in [1.807, 2.05) is 24.3 Å². The van der Waals surface area contributed by atoms with Gasteiger partial charge in [-0.15, -0.1) is 0 Å². The third-order valence-corrected chi connectivity index (χ3v) is 3.08. The number of aliphatic hydroxyl groups excluding tert-OH is 1. The molecular weight excluding hydrogens is 268 g/mol. The van der Waals surface area contributed by atoms with Crippen LogP contribution in [0, 0.1) is 0 Å². The lowest BCUT2D eigenvalue weighted by atomic mass is 10.1. The molecule has 2 aromatic rings. The topological polar surface area (TPSA) is 55.8 Å². The van der Waals surface area contributed by atoms with Crippen molar-refractivity contribution < 1.29 is 19.4 Å². The first kappa shape index (κ1) is 15.1. The number of ketones is 1. The molecule has 0 aliphatic carbocycles. The molecule has 0 amide bonds. The molecule has 21 heavy (non-hydrogen) atoms. The lowest BCUT2D eigenvalue weighted by Crippen LogP contribution is -2.15. The molecule has 0 aliphatic rings. The minimum atomic E-state index is -0.990. The van der Waals surface area contributed by atoms with Gasteiger partial charge in [-0.1, -0.05) is 12.1 Å². The van der Waals surface area contributed by atoms with Crippen LogP contribution in [-0.2, 0) is 6.61 Å². The maximum atomic E-state index is 11.6. The van der Waals surface area contributed by atoms with Gasteiger partial charge in [-0.25, -0.2) is 0 Å². The smallest absolute Gasteiger partial charge is 0.190 e. The molecule has 0 aromatic heterocycles. The predicted octanol–water partition coefficient (Wildman–Crippen LogP) is 2.84. The second kappa shape index (κ2) is 6.90.